The van der Waals surface area contributed by atoms with Gasteiger partial charge in [0.25, 0.3) is 0 Å². The molecule has 0 aromatic heterocycles. The third kappa shape index (κ3) is 1.44. The second-order valence-electron chi connectivity index (χ2n) is 1.97. The van der Waals surface area contributed by atoms with Gasteiger partial charge in [-0.05, 0) is 0 Å². The number of amides is 1. The van der Waals surface area contributed by atoms with Crippen LogP contribution in [0.2, 0.25) is 0 Å². The lowest BCUT2D eigenvalue weighted by molar-refractivity contribution is -0.148. The second kappa shape index (κ2) is 2.66. The molecule has 0 bridgehead atoms. The van der Waals surface area contributed by atoms with E-state index in [2.05, 4.69) is 10.1 Å². The number of carboxylic acid groups (broad SMARTS) is 1. The number of aliphatic carboxylic acids is 1. The molecule has 1 aliphatic rings. The zero-order chi connectivity index (χ0) is 7.56. The van der Waals surface area contributed by atoms with Crippen LogP contribution in [0, 0.1) is 0 Å². The van der Waals surface area contributed by atoms with E-state index < -0.39 is 12.0 Å². The third-order valence-electron chi connectivity index (χ3n) is 1.15. The van der Waals surface area contributed by atoms with Gasteiger partial charge in [0.1, 0.15) is 6.61 Å². The molecule has 0 spiro atoms. The van der Waals surface area contributed by atoms with Gasteiger partial charge in [-0.25, -0.2) is 4.79 Å². The summed E-state index contributed by atoms with van der Waals surface area (Å²) in [7, 11) is 0. The Morgan fingerprint density at radius 1 is 1.80 bits per heavy atom. The normalized spacial score (nSPS) is 25.6. The van der Waals surface area contributed by atoms with E-state index in [1.54, 1.807) is 0 Å². The Morgan fingerprint density at radius 3 is 2.90 bits per heavy atom. The predicted molar refractivity (Wildman–Crippen MR) is 30.4 cm³/mol. The molecule has 1 saturated heterocycles. The van der Waals surface area contributed by atoms with Gasteiger partial charge in [-0.2, -0.15) is 0 Å². The van der Waals surface area contributed by atoms with Crippen molar-refractivity contribution in [2.24, 2.45) is 0 Å². The molecule has 0 saturated carbocycles. The molecule has 2 N–H and O–H groups in total. The van der Waals surface area contributed by atoms with Crippen molar-refractivity contribution in [3.63, 3.8) is 0 Å². The van der Waals surface area contributed by atoms with E-state index in [1.165, 1.54) is 0 Å². The van der Waals surface area contributed by atoms with Gasteiger partial charge in [-0.1, -0.05) is 0 Å². The van der Waals surface area contributed by atoms with Gasteiger partial charge in [0.2, 0.25) is 5.91 Å². The molecular weight excluding hydrogens is 138 g/mol. The molecule has 0 aromatic carbocycles. The topological polar surface area (TPSA) is 75.6 Å². The first kappa shape index (κ1) is 7.01. The average Bonchev–Trinajstić information content (AvgIpc) is 1.88. The molecule has 5 nitrogen and oxygen atoms in total. The van der Waals surface area contributed by atoms with Crippen molar-refractivity contribution < 1.29 is 19.4 Å². The average molecular weight is 145 g/mol. The van der Waals surface area contributed by atoms with E-state index in [9.17, 15) is 9.59 Å². The van der Waals surface area contributed by atoms with E-state index in [1.807, 2.05) is 0 Å². The van der Waals surface area contributed by atoms with E-state index in [0.29, 0.717) is 0 Å². The molecule has 1 atom stereocenters. The molecule has 1 aliphatic heterocycles. The van der Waals surface area contributed by atoms with Crippen molar-refractivity contribution in [1.29, 1.82) is 0 Å². The molecule has 1 amide bonds. The number of morpholine rings is 1. The Balaban J connectivity index is 2.47. The maximum atomic E-state index is 10.5. The predicted octanol–water partition coefficient (Wildman–Crippen LogP) is -1.41. The monoisotopic (exact) mass is 145 g/mol. The first-order chi connectivity index (χ1) is 4.70. The smallest absolute Gasteiger partial charge is 0.328 e. The van der Waals surface area contributed by atoms with E-state index in [4.69, 9.17) is 5.11 Å². The highest BCUT2D eigenvalue weighted by Gasteiger charge is 2.24. The van der Waals surface area contributed by atoms with Gasteiger partial charge >= 0.3 is 5.97 Å². The molecule has 5 heteroatoms. The Morgan fingerprint density at radius 2 is 2.50 bits per heavy atom. The van der Waals surface area contributed by atoms with Crippen molar-refractivity contribution in [3.05, 3.63) is 0 Å². The highest BCUT2D eigenvalue weighted by molar-refractivity contribution is 5.85. The first-order valence-electron chi connectivity index (χ1n) is 2.80. The number of nitrogens with one attached hydrogen (secondary N) is 1. The molecular formula is C5H7NO4. The second-order valence-corrected chi connectivity index (χ2v) is 1.97. The maximum Gasteiger partial charge on any atom is 0.328 e. The van der Waals surface area contributed by atoms with Crippen molar-refractivity contribution in [2.45, 2.75) is 6.04 Å². The summed E-state index contributed by atoms with van der Waals surface area (Å²) in [6, 6.07) is -0.874. The zero-order valence-electron chi connectivity index (χ0n) is 5.16. The lowest BCUT2D eigenvalue weighted by Gasteiger charge is -2.19. The fourth-order valence-corrected chi connectivity index (χ4v) is 0.680. The van der Waals surface area contributed by atoms with Gasteiger partial charge in [-0.15, -0.1) is 0 Å². The van der Waals surface area contributed by atoms with Gasteiger partial charge < -0.3 is 15.2 Å². The highest BCUT2D eigenvalue weighted by atomic mass is 16.5. The minimum atomic E-state index is -1.06. The van der Waals surface area contributed by atoms with Crippen LogP contribution in [-0.2, 0) is 14.3 Å². The van der Waals surface area contributed by atoms with Crippen LogP contribution in [0.3, 0.4) is 0 Å². The minimum Gasteiger partial charge on any atom is -0.480 e. The fraction of sp³-hybridized carbons (Fsp3) is 0.600. The van der Waals surface area contributed by atoms with Crippen LogP contribution in [0.25, 0.3) is 0 Å². The number of hydrogen-bond donors (Lipinski definition) is 2. The molecule has 1 fully saturated rings. The van der Waals surface area contributed by atoms with Gasteiger partial charge in [-0.3, -0.25) is 4.79 Å². The first-order valence-corrected chi connectivity index (χ1v) is 2.80. The van der Waals surface area contributed by atoms with Gasteiger partial charge in [0.15, 0.2) is 6.04 Å². The largest absolute Gasteiger partial charge is 0.480 e. The number of ether oxygens (including phenoxy) is 1. The minimum absolute atomic E-state index is 0.0379. The highest BCUT2D eigenvalue weighted by Crippen LogP contribution is 1.92. The van der Waals surface area contributed by atoms with Crippen molar-refractivity contribution >= 4 is 11.9 Å². The Hall–Kier alpha value is -1.10. The van der Waals surface area contributed by atoms with Crippen LogP contribution in [0.1, 0.15) is 0 Å². The Bertz CT molecular complexity index is 165. The SMILES string of the molecule is O=C1COCC(C(=O)O)N1. The Kier molecular flexibility index (Phi) is 1.86. The summed E-state index contributed by atoms with van der Waals surface area (Å²) in [5.74, 6) is -1.44. The molecule has 0 aromatic rings. The lowest BCUT2D eigenvalue weighted by Crippen LogP contribution is -2.49. The molecule has 1 heterocycles. The lowest BCUT2D eigenvalue weighted by atomic mass is 10.3. The van der Waals surface area contributed by atoms with Crippen LogP contribution >= 0.6 is 0 Å². The Labute approximate surface area is 57.0 Å². The number of carbonyl (C=O) groups is 2. The summed E-state index contributed by atoms with van der Waals surface area (Å²) >= 11 is 0. The maximum absolute atomic E-state index is 10.5. The molecule has 0 radical (unpaired) electrons. The fourth-order valence-electron chi connectivity index (χ4n) is 0.680. The standard InChI is InChI=1S/C5H7NO4/c7-4-2-10-1-3(6-4)5(8)9/h3H,1-2H2,(H,6,7)(H,8,9). The number of carbonyl (C=O) groups excluding carboxylic acids is 1. The number of carboxylic acids is 1. The van der Waals surface area contributed by atoms with Gasteiger partial charge in [0.05, 0.1) is 6.61 Å². The van der Waals surface area contributed by atoms with Crippen molar-refractivity contribution in [2.75, 3.05) is 13.2 Å². The molecule has 10 heavy (non-hydrogen) atoms. The van der Waals surface area contributed by atoms with Crippen LogP contribution in [0.15, 0.2) is 0 Å². The molecule has 0 aliphatic carbocycles. The zero-order valence-corrected chi connectivity index (χ0v) is 5.16. The van der Waals surface area contributed by atoms with E-state index in [-0.39, 0.29) is 19.1 Å². The van der Waals surface area contributed by atoms with Crippen LogP contribution in [-0.4, -0.2) is 36.2 Å². The van der Waals surface area contributed by atoms with Crippen LogP contribution in [0.5, 0.6) is 0 Å². The summed E-state index contributed by atoms with van der Waals surface area (Å²) in [5.41, 5.74) is 0. The number of hydrogen-bond acceptors (Lipinski definition) is 3. The van der Waals surface area contributed by atoms with E-state index in [0.717, 1.165) is 0 Å². The molecule has 56 valence electrons. The summed E-state index contributed by atoms with van der Waals surface area (Å²) < 4.78 is 4.66. The summed E-state index contributed by atoms with van der Waals surface area (Å²) in [6.45, 7) is 0.0187. The third-order valence-corrected chi connectivity index (χ3v) is 1.15. The quantitative estimate of drug-likeness (QED) is 0.475. The van der Waals surface area contributed by atoms with Gasteiger partial charge in [0, 0.05) is 0 Å². The number of rotatable bonds is 1. The summed E-state index contributed by atoms with van der Waals surface area (Å²) in [4.78, 5) is 20.7. The van der Waals surface area contributed by atoms with Crippen molar-refractivity contribution in [1.82, 2.24) is 5.32 Å². The van der Waals surface area contributed by atoms with Crippen LogP contribution < -0.4 is 5.32 Å². The van der Waals surface area contributed by atoms with Crippen molar-refractivity contribution in [3.8, 4) is 0 Å². The summed E-state index contributed by atoms with van der Waals surface area (Å²) in [5, 5.41) is 10.6. The summed E-state index contributed by atoms with van der Waals surface area (Å²) in [6.07, 6.45) is 0. The van der Waals surface area contributed by atoms with E-state index >= 15 is 0 Å². The molecule has 1 rings (SSSR count). The molecule has 1 unspecified atom stereocenters. The van der Waals surface area contributed by atoms with Crippen LogP contribution in [0.4, 0.5) is 0 Å².